The van der Waals surface area contributed by atoms with Gasteiger partial charge in [0.15, 0.2) is 0 Å². The first kappa shape index (κ1) is 13.3. The van der Waals surface area contributed by atoms with Crippen molar-refractivity contribution in [3.8, 4) is 0 Å². The highest BCUT2D eigenvalue weighted by Gasteiger charge is 2.24. The SMILES string of the molecule is O=C(c1cc(Cl)cc2cccnc12)N1CCC(O)CC1. The number of aromatic nitrogens is 1. The fourth-order valence-electron chi connectivity index (χ4n) is 2.56. The van der Waals surface area contributed by atoms with Gasteiger partial charge in [0, 0.05) is 29.7 Å². The Balaban J connectivity index is 1.99. The molecule has 1 aromatic carbocycles. The largest absolute Gasteiger partial charge is 0.393 e. The molecule has 1 amide bonds. The number of aliphatic hydroxyl groups is 1. The van der Waals surface area contributed by atoms with E-state index in [1.807, 2.05) is 12.1 Å². The van der Waals surface area contributed by atoms with Crippen LogP contribution < -0.4 is 0 Å². The molecule has 0 bridgehead atoms. The smallest absolute Gasteiger partial charge is 0.256 e. The standard InChI is InChI=1S/C15H15ClN2O2/c16-11-8-10-2-1-5-17-14(10)13(9-11)15(20)18-6-3-12(19)4-7-18/h1-2,5,8-9,12,19H,3-4,6-7H2. The summed E-state index contributed by atoms with van der Waals surface area (Å²) in [6, 6.07) is 7.19. The summed E-state index contributed by atoms with van der Waals surface area (Å²) in [6.07, 6.45) is 2.62. The van der Waals surface area contributed by atoms with Crippen LogP contribution in [0.2, 0.25) is 5.02 Å². The third kappa shape index (κ3) is 2.49. The lowest BCUT2D eigenvalue weighted by Crippen LogP contribution is -2.40. The van der Waals surface area contributed by atoms with E-state index in [1.165, 1.54) is 0 Å². The molecule has 1 aliphatic heterocycles. The number of amides is 1. The van der Waals surface area contributed by atoms with Crippen LogP contribution in [0.15, 0.2) is 30.5 Å². The number of rotatable bonds is 1. The van der Waals surface area contributed by atoms with Gasteiger partial charge in [-0.15, -0.1) is 0 Å². The summed E-state index contributed by atoms with van der Waals surface area (Å²) in [4.78, 5) is 18.7. The molecule has 0 aliphatic carbocycles. The second-order valence-corrected chi connectivity index (χ2v) is 5.49. The fourth-order valence-corrected chi connectivity index (χ4v) is 2.78. The summed E-state index contributed by atoms with van der Waals surface area (Å²) in [5.41, 5.74) is 1.21. The van der Waals surface area contributed by atoms with Crippen LogP contribution in [-0.4, -0.2) is 40.1 Å². The number of piperidine rings is 1. The van der Waals surface area contributed by atoms with Crippen molar-refractivity contribution in [3.05, 3.63) is 41.0 Å². The molecule has 2 heterocycles. The highest BCUT2D eigenvalue weighted by atomic mass is 35.5. The summed E-state index contributed by atoms with van der Waals surface area (Å²) < 4.78 is 0. The molecule has 0 saturated carbocycles. The van der Waals surface area contributed by atoms with Crippen molar-refractivity contribution in [1.29, 1.82) is 0 Å². The van der Waals surface area contributed by atoms with Gasteiger partial charge >= 0.3 is 0 Å². The minimum absolute atomic E-state index is 0.0666. The lowest BCUT2D eigenvalue weighted by Gasteiger charge is -2.29. The number of pyridine rings is 1. The Bertz CT molecular complexity index is 651. The molecular formula is C15H15ClN2O2. The Labute approximate surface area is 122 Å². The third-order valence-corrected chi connectivity index (χ3v) is 3.87. The van der Waals surface area contributed by atoms with Crippen LogP contribution >= 0.6 is 11.6 Å². The predicted octanol–water partition coefficient (Wildman–Crippen LogP) is 2.49. The molecule has 0 spiro atoms. The van der Waals surface area contributed by atoms with Gasteiger partial charge in [-0.05, 0) is 31.0 Å². The van der Waals surface area contributed by atoms with E-state index < -0.39 is 0 Å². The van der Waals surface area contributed by atoms with Crippen molar-refractivity contribution in [2.75, 3.05) is 13.1 Å². The van der Waals surface area contributed by atoms with Gasteiger partial charge in [0.25, 0.3) is 5.91 Å². The van der Waals surface area contributed by atoms with Crippen molar-refractivity contribution in [2.45, 2.75) is 18.9 Å². The van der Waals surface area contributed by atoms with E-state index in [2.05, 4.69) is 4.98 Å². The number of aliphatic hydroxyl groups excluding tert-OH is 1. The lowest BCUT2D eigenvalue weighted by atomic mass is 10.0. The number of benzene rings is 1. The number of nitrogens with zero attached hydrogens (tertiary/aromatic N) is 2. The fraction of sp³-hybridized carbons (Fsp3) is 0.333. The van der Waals surface area contributed by atoms with Crippen molar-refractivity contribution in [2.24, 2.45) is 0 Å². The molecule has 0 atom stereocenters. The van der Waals surface area contributed by atoms with E-state index in [4.69, 9.17) is 11.6 Å². The van der Waals surface area contributed by atoms with Gasteiger partial charge in [-0.1, -0.05) is 17.7 Å². The van der Waals surface area contributed by atoms with Gasteiger partial charge in [-0.25, -0.2) is 0 Å². The monoisotopic (exact) mass is 290 g/mol. The molecule has 5 heteroatoms. The topological polar surface area (TPSA) is 53.4 Å². The van der Waals surface area contributed by atoms with E-state index in [0.717, 1.165) is 5.39 Å². The van der Waals surface area contributed by atoms with Crippen molar-refractivity contribution in [1.82, 2.24) is 9.88 Å². The summed E-state index contributed by atoms with van der Waals surface area (Å²) in [6.45, 7) is 1.14. The molecule has 3 rings (SSSR count). The van der Waals surface area contributed by atoms with Gasteiger partial charge in [-0.3, -0.25) is 9.78 Å². The Morgan fingerprint density at radius 1 is 1.35 bits per heavy atom. The van der Waals surface area contributed by atoms with Gasteiger partial charge in [0.05, 0.1) is 17.2 Å². The number of hydrogen-bond donors (Lipinski definition) is 1. The van der Waals surface area contributed by atoms with Crippen LogP contribution in [0.3, 0.4) is 0 Å². The molecule has 1 aliphatic rings. The first-order chi connectivity index (χ1) is 9.65. The van der Waals surface area contributed by atoms with Crippen LogP contribution in [0.4, 0.5) is 0 Å². The van der Waals surface area contributed by atoms with Crippen LogP contribution in [0, 0.1) is 0 Å². The molecule has 2 aromatic rings. The van der Waals surface area contributed by atoms with Gasteiger partial charge < -0.3 is 10.0 Å². The minimum atomic E-state index is -0.298. The van der Waals surface area contributed by atoms with Gasteiger partial charge in [0.1, 0.15) is 0 Å². The number of carbonyl (C=O) groups excluding carboxylic acids is 1. The molecule has 0 unspecified atom stereocenters. The normalized spacial score (nSPS) is 16.6. The molecule has 0 radical (unpaired) electrons. The maximum Gasteiger partial charge on any atom is 0.256 e. The van der Waals surface area contributed by atoms with Crippen LogP contribution in [0.5, 0.6) is 0 Å². The second-order valence-electron chi connectivity index (χ2n) is 5.05. The number of hydrogen-bond acceptors (Lipinski definition) is 3. The first-order valence-electron chi connectivity index (χ1n) is 6.67. The molecule has 1 saturated heterocycles. The van der Waals surface area contributed by atoms with Crippen molar-refractivity contribution < 1.29 is 9.90 Å². The first-order valence-corrected chi connectivity index (χ1v) is 7.04. The Morgan fingerprint density at radius 2 is 2.10 bits per heavy atom. The van der Waals surface area contributed by atoms with Crippen LogP contribution in [-0.2, 0) is 0 Å². The molecule has 1 N–H and O–H groups in total. The number of halogens is 1. The zero-order chi connectivity index (χ0) is 14.1. The number of fused-ring (bicyclic) bond motifs is 1. The van der Waals surface area contributed by atoms with Crippen LogP contribution in [0.1, 0.15) is 23.2 Å². The summed E-state index contributed by atoms with van der Waals surface area (Å²) in [7, 11) is 0. The molecule has 104 valence electrons. The van der Waals surface area contributed by atoms with E-state index in [-0.39, 0.29) is 12.0 Å². The maximum absolute atomic E-state index is 12.6. The van der Waals surface area contributed by atoms with Gasteiger partial charge in [-0.2, -0.15) is 0 Å². The Kier molecular flexibility index (Phi) is 3.59. The van der Waals surface area contributed by atoms with E-state index >= 15 is 0 Å². The third-order valence-electron chi connectivity index (χ3n) is 3.65. The average molecular weight is 291 g/mol. The molecule has 1 aromatic heterocycles. The highest BCUT2D eigenvalue weighted by molar-refractivity contribution is 6.32. The van der Waals surface area contributed by atoms with E-state index in [9.17, 15) is 9.90 Å². The zero-order valence-electron chi connectivity index (χ0n) is 10.9. The Morgan fingerprint density at radius 3 is 2.85 bits per heavy atom. The van der Waals surface area contributed by atoms with E-state index in [0.29, 0.717) is 42.0 Å². The van der Waals surface area contributed by atoms with Crippen molar-refractivity contribution in [3.63, 3.8) is 0 Å². The molecule has 4 nitrogen and oxygen atoms in total. The van der Waals surface area contributed by atoms with Crippen LogP contribution in [0.25, 0.3) is 10.9 Å². The number of likely N-dealkylation sites (tertiary alicyclic amines) is 1. The maximum atomic E-state index is 12.6. The number of carbonyl (C=O) groups is 1. The quantitative estimate of drug-likeness (QED) is 0.878. The zero-order valence-corrected chi connectivity index (χ0v) is 11.7. The molecular weight excluding hydrogens is 276 g/mol. The lowest BCUT2D eigenvalue weighted by molar-refractivity contribution is 0.0548. The van der Waals surface area contributed by atoms with Crippen molar-refractivity contribution >= 4 is 28.4 Å². The Hall–Kier alpha value is -1.65. The van der Waals surface area contributed by atoms with E-state index in [1.54, 1.807) is 23.2 Å². The highest BCUT2D eigenvalue weighted by Crippen LogP contribution is 2.24. The summed E-state index contributed by atoms with van der Waals surface area (Å²) >= 11 is 6.09. The minimum Gasteiger partial charge on any atom is -0.393 e. The summed E-state index contributed by atoms with van der Waals surface area (Å²) in [5.74, 6) is -0.0666. The average Bonchev–Trinajstić information content (AvgIpc) is 2.46. The predicted molar refractivity (Wildman–Crippen MR) is 77.9 cm³/mol. The molecule has 1 fully saturated rings. The second kappa shape index (κ2) is 5.38. The molecule has 20 heavy (non-hydrogen) atoms. The summed E-state index contributed by atoms with van der Waals surface area (Å²) in [5, 5.41) is 10.9. The van der Waals surface area contributed by atoms with Gasteiger partial charge in [0.2, 0.25) is 0 Å².